The summed E-state index contributed by atoms with van der Waals surface area (Å²) < 4.78 is 20.6. The van der Waals surface area contributed by atoms with Gasteiger partial charge in [-0.1, -0.05) is 103 Å². The van der Waals surface area contributed by atoms with E-state index >= 15 is 0 Å². The van der Waals surface area contributed by atoms with Gasteiger partial charge in [-0.05, 0) is 109 Å². The Morgan fingerprint density at radius 3 is 1.71 bits per heavy atom. The Hall–Kier alpha value is -8.94. The first-order valence-corrected chi connectivity index (χ1v) is 23.8. The molecule has 15 rings (SSSR count). The van der Waals surface area contributed by atoms with Crippen molar-refractivity contribution >= 4 is 109 Å². The van der Waals surface area contributed by atoms with Crippen LogP contribution in [0.4, 0.5) is 0 Å². The monoisotopic (exact) mass is 887 g/mol. The molecular formula is C62H41N5O2. The molecule has 0 aliphatic carbocycles. The van der Waals surface area contributed by atoms with E-state index in [-0.39, 0.29) is 0 Å². The lowest BCUT2D eigenvalue weighted by Gasteiger charge is -2.10. The summed E-state index contributed by atoms with van der Waals surface area (Å²) in [4.78, 5) is 8.84. The van der Waals surface area contributed by atoms with Gasteiger partial charge < -0.3 is 22.5 Å². The van der Waals surface area contributed by atoms with Crippen LogP contribution in [0.15, 0.2) is 210 Å². The van der Waals surface area contributed by atoms with Crippen molar-refractivity contribution in [3.05, 3.63) is 217 Å². The first-order valence-electron chi connectivity index (χ1n) is 23.8. The zero-order valence-corrected chi connectivity index (χ0v) is 37.4. The first-order chi connectivity index (χ1) is 34.2. The molecule has 69 heavy (non-hydrogen) atoms. The zero-order valence-electron chi connectivity index (χ0n) is 37.4. The number of pyridine rings is 2. The van der Waals surface area contributed by atoms with Gasteiger partial charge in [0.2, 0.25) is 0 Å². The molecule has 326 valence electrons. The molecule has 0 aliphatic rings. The predicted octanol–water partition coefficient (Wildman–Crippen LogP) is 15.6. The Labute approximate surface area is 394 Å². The molecule has 8 aromatic carbocycles. The highest BCUT2D eigenvalue weighted by Crippen LogP contribution is 2.42. The summed E-state index contributed by atoms with van der Waals surface area (Å²) in [6.45, 7) is 0.845. The maximum absolute atomic E-state index is 6.71. The van der Waals surface area contributed by atoms with Crippen LogP contribution >= 0.6 is 0 Å². The van der Waals surface area contributed by atoms with Gasteiger partial charge >= 0.3 is 0 Å². The van der Waals surface area contributed by atoms with Gasteiger partial charge in [0.1, 0.15) is 22.3 Å². The van der Waals surface area contributed by atoms with E-state index in [1.807, 2.05) is 24.8 Å². The molecule has 0 bridgehead atoms. The Bertz CT molecular complexity index is 4510. The number of hydrogen-bond donors (Lipinski definition) is 0. The minimum Gasteiger partial charge on any atom is -0.456 e. The van der Waals surface area contributed by atoms with E-state index in [2.05, 4.69) is 200 Å². The quantitative estimate of drug-likeness (QED) is 0.152. The summed E-state index contributed by atoms with van der Waals surface area (Å²) in [5.41, 5.74) is 16.8. The maximum Gasteiger partial charge on any atom is 0.138 e. The van der Waals surface area contributed by atoms with Crippen LogP contribution in [0.1, 0.15) is 16.7 Å². The maximum atomic E-state index is 6.71. The molecule has 0 fully saturated rings. The molecule has 0 unspecified atom stereocenters. The van der Waals surface area contributed by atoms with Crippen molar-refractivity contribution in [2.24, 2.45) is 0 Å². The Balaban J connectivity index is 0.753. The lowest BCUT2D eigenvalue weighted by molar-refractivity contribution is 0.656. The standard InChI is InChI=1S/C62H41N5O2/c1-2-12-41(13-3-1)67-53-19-7-4-14-43(53)44-24-25-56-59(60(44)67)47-15-5-6-18-52(47)65(56)33-30-38-20-26-57-48(34-38)45-16-8-10-39(61(45)68-57)21-22-40-11-9-17-46-49-35-42(23-27-58(49)69-62(40)46)66-54-28-31-63-36-50(54)51-37-64-32-29-55(51)66/h1-20,23-29,31-32,34-37H,21-22,30,33H2. The third-order valence-corrected chi connectivity index (χ3v) is 14.7. The van der Waals surface area contributed by atoms with E-state index in [0.717, 1.165) is 97.2 Å². The molecule has 7 nitrogen and oxygen atoms in total. The topological polar surface area (TPSA) is 66.8 Å². The van der Waals surface area contributed by atoms with Crippen molar-refractivity contribution in [1.29, 1.82) is 0 Å². The van der Waals surface area contributed by atoms with Gasteiger partial charge in [-0.15, -0.1) is 0 Å². The Kier molecular flexibility index (Phi) is 8.18. The molecule has 7 heterocycles. The highest BCUT2D eigenvalue weighted by atomic mass is 16.3. The SMILES string of the molecule is c1ccc(-n2c3ccccc3c3ccc4c(c5ccccc5n4CCc4ccc5oc6c(CCc7cccc8c7oc7ccc(-n9c%10ccncc%10c%10cnccc%109)cc78)cccc6c5c4)c32)cc1. The van der Waals surface area contributed by atoms with Gasteiger partial charge in [0.25, 0.3) is 0 Å². The summed E-state index contributed by atoms with van der Waals surface area (Å²) in [5.74, 6) is 0. The molecule has 0 saturated heterocycles. The number of furan rings is 2. The van der Waals surface area contributed by atoms with Crippen LogP contribution in [0.3, 0.4) is 0 Å². The second kappa shape index (κ2) is 14.8. The smallest absolute Gasteiger partial charge is 0.138 e. The normalized spacial score (nSPS) is 12.3. The van der Waals surface area contributed by atoms with Gasteiger partial charge in [-0.2, -0.15) is 0 Å². The second-order valence-electron chi connectivity index (χ2n) is 18.4. The summed E-state index contributed by atoms with van der Waals surface area (Å²) in [6.07, 6.45) is 10.1. The molecule has 15 aromatic rings. The third kappa shape index (κ3) is 5.68. The van der Waals surface area contributed by atoms with Gasteiger partial charge in [0.05, 0.1) is 27.6 Å². The largest absolute Gasteiger partial charge is 0.456 e. The lowest BCUT2D eigenvalue weighted by atomic mass is 10.00. The number of para-hydroxylation sites is 5. The number of rotatable bonds is 8. The molecule has 0 amide bonds. The van der Waals surface area contributed by atoms with Crippen molar-refractivity contribution in [2.75, 3.05) is 0 Å². The third-order valence-electron chi connectivity index (χ3n) is 14.7. The number of benzene rings is 8. The Morgan fingerprint density at radius 1 is 0.377 bits per heavy atom. The molecule has 0 aliphatic heterocycles. The Morgan fingerprint density at radius 2 is 0.986 bits per heavy atom. The minimum absolute atomic E-state index is 0.815. The number of aryl methyl sites for hydroxylation is 4. The van der Waals surface area contributed by atoms with E-state index < -0.39 is 0 Å². The van der Waals surface area contributed by atoms with Crippen molar-refractivity contribution in [3.8, 4) is 11.4 Å². The fourth-order valence-electron chi connectivity index (χ4n) is 11.6. The van der Waals surface area contributed by atoms with E-state index in [1.165, 1.54) is 66.0 Å². The minimum atomic E-state index is 0.815. The highest BCUT2D eigenvalue weighted by molar-refractivity contribution is 6.26. The highest BCUT2D eigenvalue weighted by Gasteiger charge is 2.21. The van der Waals surface area contributed by atoms with Crippen molar-refractivity contribution in [3.63, 3.8) is 0 Å². The fraction of sp³-hybridized carbons (Fsp3) is 0.0645. The molecule has 0 N–H and O–H groups in total. The van der Waals surface area contributed by atoms with Crippen LogP contribution in [0.25, 0.3) is 121 Å². The molecule has 7 aromatic heterocycles. The molecule has 0 atom stereocenters. The number of fused-ring (bicyclic) bond motifs is 16. The molecule has 0 radical (unpaired) electrons. The van der Waals surface area contributed by atoms with Crippen LogP contribution < -0.4 is 0 Å². The van der Waals surface area contributed by atoms with Crippen LogP contribution in [0.5, 0.6) is 0 Å². The average Bonchev–Trinajstić information content (AvgIpc) is 4.21. The number of nitrogens with zero attached hydrogens (tertiary/aromatic N) is 5. The van der Waals surface area contributed by atoms with E-state index in [0.29, 0.717) is 0 Å². The van der Waals surface area contributed by atoms with Gasteiger partial charge in [0, 0.05) is 102 Å². The molecule has 7 heteroatoms. The van der Waals surface area contributed by atoms with Crippen LogP contribution in [-0.2, 0) is 25.8 Å². The van der Waals surface area contributed by atoms with E-state index in [1.54, 1.807) is 0 Å². The second-order valence-corrected chi connectivity index (χ2v) is 18.4. The van der Waals surface area contributed by atoms with Crippen molar-refractivity contribution in [2.45, 2.75) is 25.8 Å². The summed E-state index contributed by atoms with van der Waals surface area (Å²) >= 11 is 0. The average molecular weight is 888 g/mol. The van der Waals surface area contributed by atoms with Gasteiger partial charge in [-0.3, -0.25) is 9.97 Å². The molecule has 0 saturated carbocycles. The van der Waals surface area contributed by atoms with Crippen LogP contribution in [-0.4, -0.2) is 23.7 Å². The lowest BCUT2D eigenvalue weighted by Crippen LogP contribution is -2.01. The summed E-state index contributed by atoms with van der Waals surface area (Å²) in [5, 5.41) is 11.8. The molecular weight excluding hydrogens is 847 g/mol. The van der Waals surface area contributed by atoms with Gasteiger partial charge in [0.15, 0.2) is 0 Å². The number of hydrogen-bond acceptors (Lipinski definition) is 4. The van der Waals surface area contributed by atoms with E-state index in [4.69, 9.17) is 8.83 Å². The summed E-state index contributed by atoms with van der Waals surface area (Å²) in [6, 6.07) is 63.7. The number of aromatic nitrogens is 5. The van der Waals surface area contributed by atoms with Gasteiger partial charge in [-0.25, -0.2) is 0 Å². The zero-order chi connectivity index (χ0) is 45.2. The van der Waals surface area contributed by atoms with Crippen molar-refractivity contribution in [1.82, 2.24) is 23.7 Å². The van der Waals surface area contributed by atoms with Crippen molar-refractivity contribution < 1.29 is 8.83 Å². The first kappa shape index (κ1) is 38.2. The predicted molar refractivity (Wildman–Crippen MR) is 282 cm³/mol. The summed E-state index contributed by atoms with van der Waals surface area (Å²) in [7, 11) is 0. The fourth-order valence-corrected chi connectivity index (χ4v) is 11.6. The van der Waals surface area contributed by atoms with Crippen LogP contribution in [0, 0.1) is 0 Å². The van der Waals surface area contributed by atoms with E-state index in [9.17, 15) is 0 Å². The van der Waals surface area contributed by atoms with Crippen LogP contribution in [0.2, 0.25) is 0 Å². The molecule has 0 spiro atoms.